The Morgan fingerprint density at radius 3 is 2.71 bits per heavy atom. The highest BCUT2D eigenvalue weighted by atomic mass is 32.2. The Morgan fingerprint density at radius 2 is 1.88 bits per heavy atom. The van der Waals surface area contributed by atoms with Gasteiger partial charge >= 0.3 is 0 Å². The lowest BCUT2D eigenvalue weighted by Crippen LogP contribution is -2.13. The molecule has 0 saturated carbocycles. The molecule has 17 heavy (non-hydrogen) atoms. The van der Waals surface area contributed by atoms with Gasteiger partial charge in [-0.3, -0.25) is 4.98 Å². The van der Waals surface area contributed by atoms with Crippen LogP contribution in [0.2, 0.25) is 0 Å². The van der Waals surface area contributed by atoms with Crippen LogP contribution in [0.25, 0.3) is 0 Å². The standard InChI is InChI=1S/C13H12N2OS/c16-17(12-6-2-1-3-7-12)10-13-11(9-15-17)5-4-8-14-13/h1-8H,9-10H2. The molecule has 1 aliphatic heterocycles. The molecule has 1 aliphatic rings. The lowest BCUT2D eigenvalue weighted by Gasteiger charge is -2.17. The molecule has 1 aromatic heterocycles. The van der Waals surface area contributed by atoms with Crippen molar-refractivity contribution in [1.29, 1.82) is 0 Å². The van der Waals surface area contributed by atoms with Gasteiger partial charge in [-0.1, -0.05) is 24.3 Å². The molecule has 0 saturated heterocycles. The zero-order valence-corrected chi connectivity index (χ0v) is 10.1. The van der Waals surface area contributed by atoms with Gasteiger partial charge in [-0.15, -0.1) is 0 Å². The van der Waals surface area contributed by atoms with E-state index in [9.17, 15) is 4.21 Å². The second-order valence-corrected chi connectivity index (χ2v) is 6.29. The first-order valence-corrected chi connectivity index (χ1v) is 7.15. The van der Waals surface area contributed by atoms with E-state index >= 15 is 0 Å². The molecule has 2 aromatic rings. The van der Waals surface area contributed by atoms with Gasteiger partial charge in [0.05, 0.1) is 27.7 Å². The molecule has 0 fully saturated rings. The highest BCUT2D eigenvalue weighted by Gasteiger charge is 2.20. The van der Waals surface area contributed by atoms with Gasteiger partial charge < -0.3 is 0 Å². The molecule has 86 valence electrons. The van der Waals surface area contributed by atoms with Crippen LogP contribution < -0.4 is 0 Å². The van der Waals surface area contributed by atoms with E-state index < -0.39 is 9.73 Å². The van der Waals surface area contributed by atoms with E-state index in [1.54, 1.807) is 6.20 Å². The highest BCUT2D eigenvalue weighted by Crippen LogP contribution is 2.25. The number of fused-ring (bicyclic) bond motifs is 1. The van der Waals surface area contributed by atoms with Crippen LogP contribution >= 0.6 is 0 Å². The number of hydrogen-bond acceptors (Lipinski definition) is 3. The summed E-state index contributed by atoms with van der Waals surface area (Å²) in [4.78, 5) is 5.10. The molecule has 0 amide bonds. The zero-order valence-electron chi connectivity index (χ0n) is 9.24. The fourth-order valence-corrected chi connectivity index (χ4v) is 3.91. The van der Waals surface area contributed by atoms with Crippen molar-refractivity contribution in [3.63, 3.8) is 0 Å². The molecule has 1 atom stereocenters. The zero-order chi connectivity index (χ0) is 11.7. The van der Waals surface area contributed by atoms with Gasteiger partial charge in [-0.2, -0.15) is 0 Å². The molecule has 0 aliphatic carbocycles. The summed E-state index contributed by atoms with van der Waals surface area (Å²) in [5.74, 6) is 0.424. The molecule has 3 nitrogen and oxygen atoms in total. The van der Waals surface area contributed by atoms with Crippen LogP contribution in [0.15, 0.2) is 57.9 Å². The summed E-state index contributed by atoms with van der Waals surface area (Å²) in [7, 11) is -2.32. The predicted molar refractivity (Wildman–Crippen MR) is 66.9 cm³/mol. The monoisotopic (exact) mass is 244 g/mol. The molecule has 1 unspecified atom stereocenters. The van der Waals surface area contributed by atoms with E-state index in [0.717, 1.165) is 16.2 Å². The van der Waals surface area contributed by atoms with Crippen molar-refractivity contribution in [3.05, 3.63) is 59.9 Å². The molecule has 0 radical (unpaired) electrons. The van der Waals surface area contributed by atoms with E-state index in [-0.39, 0.29) is 0 Å². The Hall–Kier alpha value is -1.68. The number of rotatable bonds is 1. The van der Waals surface area contributed by atoms with Crippen molar-refractivity contribution < 1.29 is 4.21 Å². The summed E-state index contributed by atoms with van der Waals surface area (Å²) in [6.07, 6.45) is 1.75. The number of pyridine rings is 1. The highest BCUT2D eigenvalue weighted by molar-refractivity contribution is 7.93. The molecular formula is C13H12N2OS. The smallest absolute Gasteiger partial charge is 0.0813 e. The third-order valence-corrected chi connectivity index (χ3v) is 5.09. The molecule has 0 bridgehead atoms. The molecular weight excluding hydrogens is 232 g/mol. The third-order valence-electron chi connectivity index (χ3n) is 2.87. The van der Waals surface area contributed by atoms with Gasteiger partial charge in [0.1, 0.15) is 0 Å². The van der Waals surface area contributed by atoms with Crippen LogP contribution in [0.5, 0.6) is 0 Å². The summed E-state index contributed by atoms with van der Waals surface area (Å²) in [6, 6.07) is 13.3. The first kappa shape index (κ1) is 10.5. The van der Waals surface area contributed by atoms with Crippen molar-refractivity contribution in [3.8, 4) is 0 Å². The van der Waals surface area contributed by atoms with Crippen molar-refractivity contribution in [2.75, 3.05) is 0 Å². The molecule has 3 rings (SSSR count). The molecule has 4 heteroatoms. The van der Waals surface area contributed by atoms with Crippen molar-refractivity contribution >= 4 is 9.73 Å². The normalized spacial score (nSPS) is 22.6. The Balaban J connectivity index is 2.09. The van der Waals surface area contributed by atoms with Crippen molar-refractivity contribution in [1.82, 2.24) is 4.98 Å². The summed E-state index contributed by atoms with van der Waals surface area (Å²) in [6.45, 7) is 0.497. The van der Waals surface area contributed by atoms with Gasteiger partial charge in [0, 0.05) is 11.1 Å². The fourth-order valence-electron chi connectivity index (χ4n) is 1.94. The molecule has 2 heterocycles. The third kappa shape index (κ3) is 1.85. The number of hydrogen-bond donors (Lipinski definition) is 0. The second-order valence-electron chi connectivity index (χ2n) is 3.99. The topological polar surface area (TPSA) is 42.3 Å². The summed E-state index contributed by atoms with van der Waals surface area (Å²) < 4.78 is 17.1. The Morgan fingerprint density at radius 1 is 1.06 bits per heavy atom. The van der Waals surface area contributed by atoms with Gasteiger partial charge in [0.2, 0.25) is 0 Å². The van der Waals surface area contributed by atoms with Crippen molar-refractivity contribution in [2.24, 2.45) is 4.36 Å². The fraction of sp³-hybridized carbons (Fsp3) is 0.154. The van der Waals surface area contributed by atoms with Crippen LogP contribution in [0.3, 0.4) is 0 Å². The van der Waals surface area contributed by atoms with Crippen LogP contribution in [0.1, 0.15) is 11.3 Å². The van der Waals surface area contributed by atoms with Crippen LogP contribution in [0, 0.1) is 0 Å². The SMILES string of the molecule is O=S1(c2ccccc2)=NCc2cccnc2C1. The van der Waals surface area contributed by atoms with E-state index in [4.69, 9.17) is 0 Å². The average molecular weight is 244 g/mol. The Kier molecular flexibility index (Phi) is 2.44. The van der Waals surface area contributed by atoms with E-state index in [1.807, 2.05) is 42.5 Å². The summed E-state index contributed by atoms with van der Waals surface area (Å²) in [5.41, 5.74) is 2.00. The summed E-state index contributed by atoms with van der Waals surface area (Å²) in [5, 5.41) is 0. The lowest BCUT2D eigenvalue weighted by atomic mass is 10.2. The molecule has 0 spiro atoms. The Bertz CT molecular complexity index is 658. The van der Waals surface area contributed by atoms with Crippen LogP contribution in [-0.2, 0) is 22.0 Å². The largest absolute Gasteiger partial charge is 0.260 e. The maximum absolute atomic E-state index is 12.8. The quantitative estimate of drug-likeness (QED) is 0.774. The maximum atomic E-state index is 12.8. The first-order chi connectivity index (χ1) is 8.28. The minimum atomic E-state index is -2.32. The Labute approximate surface area is 101 Å². The molecule has 0 N–H and O–H groups in total. The van der Waals surface area contributed by atoms with Gasteiger partial charge in [0.15, 0.2) is 0 Å². The number of aromatic nitrogens is 1. The van der Waals surface area contributed by atoms with Crippen LogP contribution in [-0.4, -0.2) is 9.19 Å². The maximum Gasteiger partial charge on any atom is 0.0813 e. The van der Waals surface area contributed by atoms with E-state index in [2.05, 4.69) is 9.35 Å². The minimum absolute atomic E-state index is 0.424. The number of nitrogens with zero attached hydrogens (tertiary/aromatic N) is 2. The molecule has 1 aromatic carbocycles. The lowest BCUT2D eigenvalue weighted by molar-refractivity contribution is 0.670. The van der Waals surface area contributed by atoms with Crippen molar-refractivity contribution in [2.45, 2.75) is 17.2 Å². The predicted octanol–water partition coefficient (Wildman–Crippen LogP) is 2.62. The van der Waals surface area contributed by atoms with Gasteiger partial charge in [-0.05, 0) is 23.8 Å². The minimum Gasteiger partial charge on any atom is -0.260 e. The van der Waals surface area contributed by atoms with E-state index in [1.165, 1.54) is 0 Å². The van der Waals surface area contributed by atoms with Gasteiger partial charge in [0.25, 0.3) is 0 Å². The second kappa shape index (κ2) is 3.96. The van der Waals surface area contributed by atoms with E-state index in [0.29, 0.717) is 12.3 Å². The number of benzene rings is 1. The average Bonchev–Trinajstić information content (AvgIpc) is 2.40. The summed E-state index contributed by atoms with van der Waals surface area (Å²) >= 11 is 0. The van der Waals surface area contributed by atoms with Crippen LogP contribution in [0.4, 0.5) is 0 Å². The van der Waals surface area contributed by atoms with Gasteiger partial charge in [-0.25, -0.2) is 8.57 Å². The first-order valence-electron chi connectivity index (χ1n) is 5.46.